The summed E-state index contributed by atoms with van der Waals surface area (Å²) in [6.07, 6.45) is -0.441. The molecule has 0 radical (unpaired) electrons. The van der Waals surface area contributed by atoms with Crippen molar-refractivity contribution in [2.24, 2.45) is 0 Å². The highest BCUT2D eigenvalue weighted by Crippen LogP contribution is 2.09. The number of hydrogen-bond acceptors (Lipinski definition) is 5. The molecule has 102 valence electrons. The van der Waals surface area contributed by atoms with E-state index in [0.717, 1.165) is 32.8 Å². The van der Waals surface area contributed by atoms with E-state index < -0.39 is 12.1 Å². The summed E-state index contributed by atoms with van der Waals surface area (Å²) >= 11 is 0. The van der Waals surface area contributed by atoms with Gasteiger partial charge in [-0.25, -0.2) is 4.79 Å². The average molecular weight is 257 g/mol. The molecule has 7 nitrogen and oxygen atoms in total. The second-order valence-corrected chi connectivity index (χ2v) is 4.45. The average Bonchev–Trinajstić information content (AvgIpc) is 2.71. The first kappa shape index (κ1) is 13.1. The van der Waals surface area contributed by atoms with Gasteiger partial charge in [0.1, 0.15) is 12.6 Å². The van der Waals surface area contributed by atoms with Crippen molar-refractivity contribution < 1.29 is 19.1 Å². The highest BCUT2D eigenvalue weighted by atomic mass is 16.6. The maximum Gasteiger partial charge on any atom is 0.410 e. The minimum atomic E-state index is -0.498. The Morgan fingerprint density at radius 2 is 2.17 bits per heavy atom. The minimum Gasteiger partial charge on any atom is -0.447 e. The molecular weight excluding hydrogens is 238 g/mol. The van der Waals surface area contributed by atoms with Crippen molar-refractivity contribution >= 4 is 12.0 Å². The molecule has 2 fully saturated rings. The number of nitrogens with zero attached hydrogens (tertiary/aromatic N) is 2. The van der Waals surface area contributed by atoms with E-state index in [2.05, 4.69) is 10.2 Å². The molecule has 2 heterocycles. The first-order valence-electron chi connectivity index (χ1n) is 6.16. The summed E-state index contributed by atoms with van der Waals surface area (Å²) in [6.45, 7) is 4.83. The molecule has 0 aromatic rings. The molecule has 2 saturated heterocycles. The van der Waals surface area contributed by atoms with E-state index in [1.165, 1.54) is 4.90 Å². The second kappa shape index (κ2) is 6.01. The molecule has 2 aliphatic heterocycles. The molecule has 1 unspecified atom stereocenters. The van der Waals surface area contributed by atoms with E-state index in [1.54, 1.807) is 7.05 Å². The number of carbonyl (C=O) groups excluding carboxylic acids is 2. The maximum absolute atomic E-state index is 11.8. The molecule has 0 aromatic carbocycles. The maximum atomic E-state index is 11.8. The molecule has 0 spiro atoms. The van der Waals surface area contributed by atoms with E-state index in [0.29, 0.717) is 6.54 Å². The number of likely N-dealkylation sites (N-methyl/N-ethyl adjacent to an activating group) is 1. The lowest BCUT2D eigenvalue weighted by molar-refractivity contribution is -0.124. The largest absolute Gasteiger partial charge is 0.447 e. The molecule has 0 bridgehead atoms. The van der Waals surface area contributed by atoms with Crippen molar-refractivity contribution in [1.82, 2.24) is 15.1 Å². The van der Waals surface area contributed by atoms with Crippen LogP contribution in [0.25, 0.3) is 0 Å². The fraction of sp³-hybridized carbons (Fsp3) is 0.818. The van der Waals surface area contributed by atoms with Crippen molar-refractivity contribution in [3.05, 3.63) is 0 Å². The topological polar surface area (TPSA) is 71.1 Å². The number of ether oxygens (including phenoxy) is 2. The molecule has 1 atom stereocenters. The monoisotopic (exact) mass is 257 g/mol. The molecule has 0 aliphatic carbocycles. The van der Waals surface area contributed by atoms with Crippen LogP contribution in [-0.4, -0.2) is 80.9 Å². The summed E-state index contributed by atoms with van der Waals surface area (Å²) in [7, 11) is 1.57. The zero-order valence-corrected chi connectivity index (χ0v) is 10.6. The third-order valence-corrected chi connectivity index (χ3v) is 3.25. The van der Waals surface area contributed by atoms with Crippen LogP contribution in [-0.2, 0) is 14.3 Å². The van der Waals surface area contributed by atoms with Crippen LogP contribution in [0.5, 0.6) is 0 Å². The highest BCUT2D eigenvalue weighted by molar-refractivity contribution is 5.87. The van der Waals surface area contributed by atoms with Gasteiger partial charge in [0.2, 0.25) is 5.91 Å². The van der Waals surface area contributed by atoms with Gasteiger partial charge in [0.25, 0.3) is 0 Å². The number of carbonyl (C=O) groups is 2. The standard InChI is InChI=1S/C11H19N3O4/c1-13-9(8-18-11(13)16)10(15)12-2-3-14-4-6-17-7-5-14/h9H,2-8H2,1H3,(H,12,15). The lowest BCUT2D eigenvalue weighted by atomic mass is 10.3. The minimum absolute atomic E-state index is 0.138. The van der Waals surface area contributed by atoms with Crippen LogP contribution in [0.15, 0.2) is 0 Å². The summed E-state index contributed by atoms with van der Waals surface area (Å²) in [5.41, 5.74) is 0. The van der Waals surface area contributed by atoms with Crippen LogP contribution in [0.2, 0.25) is 0 Å². The third kappa shape index (κ3) is 3.11. The second-order valence-electron chi connectivity index (χ2n) is 4.45. The van der Waals surface area contributed by atoms with Gasteiger partial charge < -0.3 is 14.8 Å². The van der Waals surface area contributed by atoms with E-state index in [1.807, 2.05) is 0 Å². The Morgan fingerprint density at radius 3 is 2.78 bits per heavy atom. The molecule has 7 heteroatoms. The molecule has 2 rings (SSSR count). The molecule has 2 amide bonds. The molecule has 1 N–H and O–H groups in total. The third-order valence-electron chi connectivity index (χ3n) is 3.25. The molecule has 0 saturated carbocycles. The fourth-order valence-electron chi connectivity index (χ4n) is 2.02. The smallest absolute Gasteiger partial charge is 0.410 e. The summed E-state index contributed by atoms with van der Waals surface area (Å²) in [5.74, 6) is -0.156. The summed E-state index contributed by atoms with van der Waals surface area (Å²) in [6, 6.07) is -0.498. The van der Waals surface area contributed by atoms with E-state index in [4.69, 9.17) is 9.47 Å². The molecular formula is C11H19N3O4. The Morgan fingerprint density at radius 1 is 1.44 bits per heavy atom. The van der Waals surface area contributed by atoms with Crippen molar-refractivity contribution in [3.8, 4) is 0 Å². The van der Waals surface area contributed by atoms with Crippen LogP contribution < -0.4 is 5.32 Å². The van der Waals surface area contributed by atoms with Gasteiger partial charge in [-0.2, -0.15) is 0 Å². The lowest BCUT2D eigenvalue weighted by Crippen LogP contribution is -2.47. The number of cyclic esters (lactones) is 1. The molecule has 18 heavy (non-hydrogen) atoms. The van der Waals surface area contributed by atoms with Gasteiger partial charge in [-0.3, -0.25) is 14.6 Å². The van der Waals surface area contributed by atoms with Crippen molar-refractivity contribution in [3.63, 3.8) is 0 Å². The molecule has 2 aliphatic rings. The van der Waals surface area contributed by atoms with E-state index in [9.17, 15) is 9.59 Å². The highest BCUT2D eigenvalue weighted by Gasteiger charge is 2.34. The Bertz CT molecular complexity index is 317. The first-order chi connectivity index (χ1) is 8.68. The summed E-state index contributed by atoms with van der Waals surface area (Å²) < 4.78 is 10.0. The van der Waals surface area contributed by atoms with Gasteiger partial charge in [0, 0.05) is 33.2 Å². The van der Waals surface area contributed by atoms with Gasteiger partial charge in [-0.05, 0) is 0 Å². The van der Waals surface area contributed by atoms with Crippen LogP contribution >= 0.6 is 0 Å². The summed E-state index contributed by atoms with van der Waals surface area (Å²) in [4.78, 5) is 26.5. The lowest BCUT2D eigenvalue weighted by Gasteiger charge is -2.26. The predicted molar refractivity (Wildman–Crippen MR) is 63.2 cm³/mol. The van der Waals surface area contributed by atoms with E-state index in [-0.39, 0.29) is 12.5 Å². The van der Waals surface area contributed by atoms with Crippen LogP contribution in [0.4, 0.5) is 4.79 Å². The Hall–Kier alpha value is -1.34. The Balaban J connectivity index is 1.67. The van der Waals surface area contributed by atoms with Gasteiger partial charge >= 0.3 is 6.09 Å². The van der Waals surface area contributed by atoms with Gasteiger partial charge in [-0.1, -0.05) is 0 Å². The fourth-order valence-corrected chi connectivity index (χ4v) is 2.02. The quantitative estimate of drug-likeness (QED) is 0.691. The SMILES string of the molecule is CN1C(=O)OCC1C(=O)NCCN1CCOCC1. The van der Waals surface area contributed by atoms with Gasteiger partial charge in [-0.15, -0.1) is 0 Å². The van der Waals surface area contributed by atoms with Crippen molar-refractivity contribution in [2.75, 3.05) is 53.0 Å². The van der Waals surface area contributed by atoms with E-state index >= 15 is 0 Å². The number of hydrogen-bond donors (Lipinski definition) is 1. The first-order valence-corrected chi connectivity index (χ1v) is 6.16. The van der Waals surface area contributed by atoms with Crippen molar-refractivity contribution in [1.29, 1.82) is 0 Å². The number of rotatable bonds is 4. The zero-order chi connectivity index (χ0) is 13.0. The Kier molecular flexibility index (Phi) is 4.38. The van der Waals surface area contributed by atoms with Gasteiger partial charge in [0.15, 0.2) is 0 Å². The Labute approximate surface area is 106 Å². The number of amides is 2. The van der Waals surface area contributed by atoms with Gasteiger partial charge in [0.05, 0.1) is 13.2 Å². The van der Waals surface area contributed by atoms with Crippen LogP contribution in [0, 0.1) is 0 Å². The molecule has 0 aromatic heterocycles. The van der Waals surface area contributed by atoms with Crippen molar-refractivity contribution in [2.45, 2.75) is 6.04 Å². The summed E-state index contributed by atoms with van der Waals surface area (Å²) in [5, 5.41) is 2.83. The number of nitrogens with one attached hydrogen (secondary N) is 1. The zero-order valence-electron chi connectivity index (χ0n) is 10.6. The predicted octanol–water partition coefficient (Wildman–Crippen LogP) is -1.11. The van der Waals surface area contributed by atoms with Crippen LogP contribution in [0.1, 0.15) is 0 Å². The normalized spacial score (nSPS) is 25.1. The number of morpholine rings is 1. The van der Waals surface area contributed by atoms with Crippen LogP contribution in [0.3, 0.4) is 0 Å².